The summed E-state index contributed by atoms with van der Waals surface area (Å²) >= 11 is 1.51. The van der Waals surface area contributed by atoms with Crippen molar-refractivity contribution >= 4 is 16.5 Å². The number of anilines is 1. The minimum atomic E-state index is 0.577. The molecule has 2 aliphatic heterocycles. The molecule has 0 aliphatic carbocycles. The van der Waals surface area contributed by atoms with Gasteiger partial charge in [0, 0.05) is 25.2 Å². The van der Waals surface area contributed by atoms with Gasteiger partial charge >= 0.3 is 0 Å². The van der Waals surface area contributed by atoms with E-state index in [0.29, 0.717) is 5.13 Å². The molecule has 2 saturated heterocycles. The van der Waals surface area contributed by atoms with Gasteiger partial charge in [-0.25, -0.2) is 0 Å². The van der Waals surface area contributed by atoms with Crippen molar-refractivity contribution in [2.45, 2.75) is 37.9 Å². The first-order chi connectivity index (χ1) is 8.22. The minimum Gasteiger partial charge on any atom is -0.374 e. The zero-order valence-electron chi connectivity index (χ0n) is 10.2. The van der Waals surface area contributed by atoms with Crippen LogP contribution >= 0.6 is 11.3 Å². The lowest BCUT2D eigenvalue weighted by molar-refractivity contribution is 0.214. The fourth-order valence-electron chi connectivity index (χ4n) is 3.04. The molecule has 2 atom stereocenters. The van der Waals surface area contributed by atoms with Crippen molar-refractivity contribution in [3.8, 4) is 0 Å². The van der Waals surface area contributed by atoms with Gasteiger partial charge in [0.05, 0.1) is 6.54 Å². The lowest BCUT2D eigenvalue weighted by Gasteiger charge is -2.24. The number of fused-ring (bicyclic) bond motifs is 2. The van der Waals surface area contributed by atoms with E-state index in [0.717, 1.165) is 30.2 Å². The van der Waals surface area contributed by atoms with E-state index in [4.69, 9.17) is 5.73 Å². The van der Waals surface area contributed by atoms with Crippen LogP contribution in [-0.4, -0.2) is 52.2 Å². The molecule has 0 aromatic carbocycles. The third-order valence-corrected chi connectivity index (χ3v) is 4.81. The van der Waals surface area contributed by atoms with Crippen LogP contribution in [0.15, 0.2) is 0 Å². The van der Waals surface area contributed by atoms with Crippen molar-refractivity contribution in [3.05, 3.63) is 5.01 Å². The Morgan fingerprint density at radius 2 is 2.12 bits per heavy atom. The largest absolute Gasteiger partial charge is 0.374 e. The predicted octanol–water partition coefficient (Wildman–Crippen LogP) is 0.789. The number of likely N-dealkylation sites (tertiary alicyclic amines) is 1. The minimum absolute atomic E-state index is 0.577. The van der Waals surface area contributed by atoms with Crippen LogP contribution in [0.5, 0.6) is 0 Å². The summed E-state index contributed by atoms with van der Waals surface area (Å²) in [5.74, 6) is 0. The second kappa shape index (κ2) is 4.51. The van der Waals surface area contributed by atoms with Gasteiger partial charge in [0.1, 0.15) is 5.01 Å². The third kappa shape index (κ3) is 2.29. The van der Waals surface area contributed by atoms with Crippen molar-refractivity contribution < 1.29 is 0 Å². The topological polar surface area (TPSA) is 58.3 Å². The van der Waals surface area contributed by atoms with E-state index in [2.05, 4.69) is 27.0 Å². The maximum atomic E-state index is 5.62. The molecule has 2 fully saturated rings. The van der Waals surface area contributed by atoms with E-state index in [1.54, 1.807) is 0 Å². The molecular weight excluding hydrogens is 234 g/mol. The van der Waals surface area contributed by atoms with E-state index in [1.165, 1.54) is 37.1 Å². The second-order valence-corrected chi connectivity index (χ2v) is 6.20. The van der Waals surface area contributed by atoms with Gasteiger partial charge in [-0.2, -0.15) is 0 Å². The quantitative estimate of drug-likeness (QED) is 0.844. The average Bonchev–Trinajstić information content (AvgIpc) is 2.77. The maximum Gasteiger partial charge on any atom is 0.203 e. The summed E-state index contributed by atoms with van der Waals surface area (Å²) in [5.41, 5.74) is 5.62. The van der Waals surface area contributed by atoms with Crippen LogP contribution in [0.25, 0.3) is 0 Å². The summed E-state index contributed by atoms with van der Waals surface area (Å²) in [6, 6.07) is 1.53. The number of aromatic nitrogens is 2. The van der Waals surface area contributed by atoms with Gasteiger partial charge in [0.15, 0.2) is 0 Å². The first kappa shape index (κ1) is 11.4. The van der Waals surface area contributed by atoms with Gasteiger partial charge in [0.25, 0.3) is 0 Å². The number of rotatable bonds is 2. The molecule has 2 bridgehead atoms. The highest BCUT2D eigenvalue weighted by Gasteiger charge is 2.34. The number of nitrogen functional groups attached to an aromatic ring is 1. The Kier molecular flexibility index (Phi) is 3.02. The molecule has 5 nitrogen and oxygen atoms in total. The van der Waals surface area contributed by atoms with Gasteiger partial charge < -0.3 is 5.73 Å². The lowest BCUT2D eigenvalue weighted by Crippen LogP contribution is -2.36. The van der Waals surface area contributed by atoms with Crippen LogP contribution in [-0.2, 0) is 6.54 Å². The average molecular weight is 253 g/mol. The summed E-state index contributed by atoms with van der Waals surface area (Å²) in [4.78, 5) is 5.06. The van der Waals surface area contributed by atoms with Crippen LogP contribution in [0.2, 0.25) is 0 Å². The summed E-state index contributed by atoms with van der Waals surface area (Å²) in [6.45, 7) is 3.24. The maximum absolute atomic E-state index is 5.62. The van der Waals surface area contributed by atoms with Crippen LogP contribution in [0.4, 0.5) is 5.13 Å². The molecule has 0 spiro atoms. The molecule has 0 saturated carbocycles. The number of hydrogen-bond donors (Lipinski definition) is 1. The molecule has 6 heteroatoms. The van der Waals surface area contributed by atoms with Gasteiger partial charge in [-0.1, -0.05) is 11.3 Å². The molecule has 17 heavy (non-hydrogen) atoms. The van der Waals surface area contributed by atoms with E-state index in [9.17, 15) is 0 Å². The number of likely N-dealkylation sites (N-methyl/N-ethyl adjacent to an activating group) is 1. The van der Waals surface area contributed by atoms with E-state index >= 15 is 0 Å². The van der Waals surface area contributed by atoms with Crippen molar-refractivity contribution in [2.75, 3.05) is 25.9 Å². The van der Waals surface area contributed by atoms with Gasteiger partial charge in [0.2, 0.25) is 5.13 Å². The molecule has 3 rings (SSSR count). The highest BCUT2D eigenvalue weighted by molar-refractivity contribution is 7.15. The molecule has 1 aromatic heterocycles. The smallest absolute Gasteiger partial charge is 0.203 e. The predicted molar refractivity (Wildman–Crippen MR) is 68.8 cm³/mol. The summed E-state index contributed by atoms with van der Waals surface area (Å²) in [7, 11) is 2.27. The first-order valence-corrected chi connectivity index (χ1v) is 7.06. The monoisotopic (exact) mass is 253 g/mol. The van der Waals surface area contributed by atoms with Crippen LogP contribution in [0.3, 0.4) is 0 Å². The molecular formula is C11H19N5S. The molecule has 2 aliphatic rings. The Balaban J connectivity index is 1.65. The molecule has 2 N–H and O–H groups in total. The first-order valence-electron chi connectivity index (χ1n) is 6.24. The lowest BCUT2D eigenvalue weighted by atomic mass is 10.1. The van der Waals surface area contributed by atoms with Crippen LogP contribution < -0.4 is 5.73 Å². The van der Waals surface area contributed by atoms with Crippen molar-refractivity contribution in [2.24, 2.45) is 0 Å². The third-order valence-electron chi connectivity index (χ3n) is 4.07. The van der Waals surface area contributed by atoms with Crippen LogP contribution in [0, 0.1) is 0 Å². The Hall–Kier alpha value is -0.720. The van der Waals surface area contributed by atoms with E-state index in [-0.39, 0.29) is 0 Å². The Morgan fingerprint density at radius 3 is 2.88 bits per heavy atom. The Labute approximate surface area is 106 Å². The molecule has 3 heterocycles. The van der Waals surface area contributed by atoms with E-state index < -0.39 is 0 Å². The zero-order chi connectivity index (χ0) is 11.8. The normalized spacial score (nSPS) is 30.6. The van der Waals surface area contributed by atoms with Crippen molar-refractivity contribution in [1.29, 1.82) is 0 Å². The molecule has 1 aromatic rings. The molecule has 94 valence electrons. The molecule has 0 radical (unpaired) electrons. The number of hydrogen-bond acceptors (Lipinski definition) is 6. The van der Waals surface area contributed by atoms with Gasteiger partial charge in [-0.05, 0) is 26.3 Å². The highest BCUT2D eigenvalue weighted by Crippen LogP contribution is 2.29. The summed E-state index contributed by atoms with van der Waals surface area (Å²) in [6.07, 6.45) is 4.00. The Bertz CT molecular complexity index is 393. The Morgan fingerprint density at radius 1 is 1.29 bits per heavy atom. The van der Waals surface area contributed by atoms with Crippen molar-refractivity contribution in [3.63, 3.8) is 0 Å². The second-order valence-electron chi connectivity index (χ2n) is 5.11. The zero-order valence-corrected chi connectivity index (χ0v) is 11.0. The number of nitrogens with zero attached hydrogens (tertiary/aromatic N) is 4. The van der Waals surface area contributed by atoms with Gasteiger partial charge in [-0.3, -0.25) is 9.80 Å². The SMILES string of the molecule is CN1C2CCC1CN(Cc1nnc(N)s1)CC2. The fourth-order valence-corrected chi connectivity index (χ4v) is 3.70. The standard InChI is InChI=1S/C11H19N5S/c1-15-8-2-3-9(15)6-16(5-4-8)7-10-13-14-11(12)17-10/h8-9H,2-7H2,1H3,(H2,12,14). The fraction of sp³-hybridized carbons (Fsp3) is 0.818. The van der Waals surface area contributed by atoms with Gasteiger partial charge in [-0.15, -0.1) is 10.2 Å². The number of nitrogens with two attached hydrogens (primary N) is 1. The van der Waals surface area contributed by atoms with E-state index in [1.807, 2.05) is 0 Å². The highest BCUT2D eigenvalue weighted by atomic mass is 32.1. The van der Waals surface area contributed by atoms with Crippen molar-refractivity contribution in [1.82, 2.24) is 20.0 Å². The van der Waals surface area contributed by atoms with Crippen LogP contribution in [0.1, 0.15) is 24.3 Å². The summed E-state index contributed by atoms with van der Waals surface area (Å²) in [5, 5.41) is 9.61. The molecule has 2 unspecified atom stereocenters. The summed E-state index contributed by atoms with van der Waals surface area (Å²) < 4.78 is 0. The molecule has 0 amide bonds.